The molecular weight excluding hydrogens is 438 g/mol. The first-order chi connectivity index (χ1) is 17.2. The topological polar surface area (TPSA) is 80.1 Å². The van der Waals surface area contributed by atoms with Gasteiger partial charge in [-0.1, -0.05) is 12.1 Å². The van der Waals surface area contributed by atoms with Crippen LogP contribution in [0.1, 0.15) is 50.4 Å². The van der Waals surface area contributed by atoms with E-state index in [0.29, 0.717) is 23.1 Å². The van der Waals surface area contributed by atoms with Crippen molar-refractivity contribution in [1.82, 2.24) is 14.5 Å². The van der Waals surface area contributed by atoms with Crippen LogP contribution >= 0.6 is 0 Å². The van der Waals surface area contributed by atoms with Crippen molar-refractivity contribution in [3.63, 3.8) is 0 Å². The van der Waals surface area contributed by atoms with Crippen molar-refractivity contribution >= 4 is 39.0 Å². The fraction of sp³-hybridized carbons (Fsp3) is 0.357. The van der Waals surface area contributed by atoms with E-state index in [9.17, 15) is 9.59 Å². The van der Waals surface area contributed by atoms with E-state index in [1.54, 1.807) is 0 Å². The van der Waals surface area contributed by atoms with Crippen LogP contribution in [0.4, 0.5) is 11.4 Å². The summed E-state index contributed by atoms with van der Waals surface area (Å²) < 4.78 is 1.81. The molecule has 1 amide bonds. The molecule has 35 heavy (non-hydrogen) atoms. The number of aryl methyl sites for hydroxylation is 1. The molecule has 6 rings (SSSR count). The third-order valence-electron chi connectivity index (χ3n) is 7.13. The van der Waals surface area contributed by atoms with Crippen LogP contribution in [-0.2, 0) is 11.2 Å². The number of nitrogens with one attached hydrogen (secondary N) is 1. The van der Waals surface area contributed by atoms with Gasteiger partial charge < -0.3 is 10.2 Å². The lowest BCUT2D eigenvalue weighted by atomic mass is 10.0. The molecule has 7 nitrogen and oxygen atoms in total. The van der Waals surface area contributed by atoms with Gasteiger partial charge in [0.1, 0.15) is 5.82 Å². The minimum absolute atomic E-state index is 0.00104. The van der Waals surface area contributed by atoms with Crippen molar-refractivity contribution in [2.75, 3.05) is 23.3 Å². The quantitative estimate of drug-likeness (QED) is 0.439. The van der Waals surface area contributed by atoms with E-state index in [1.807, 2.05) is 53.4 Å². The Morgan fingerprint density at radius 1 is 0.971 bits per heavy atom. The molecule has 2 aliphatic rings. The lowest BCUT2D eigenvalue weighted by Gasteiger charge is -2.30. The molecule has 0 unspecified atom stereocenters. The van der Waals surface area contributed by atoms with E-state index in [0.717, 1.165) is 42.4 Å². The van der Waals surface area contributed by atoms with Gasteiger partial charge in [-0.2, -0.15) is 0 Å². The maximum Gasteiger partial charge on any atom is 0.261 e. The average Bonchev–Trinajstić information content (AvgIpc) is 3.73. The minimum atomic E-state index is -0.0920. The highest BCUT2D eigenvalue weighted by atomic mass is 16.1. The van der Waals surface area contributed by atoms with Gasteiger partial charge in [0.25, 0.3) is 5.56 Å². The molecule has 178 valence electrons. The Bertz CT molecular complexity index is 1470. The number of benzene rings is 2. The molecule has 1 saturated carbocycles. The molecule has 1 N–H and O–H groups in total. The number of fused-ring (bicyclic) bond motifs is 2. The zero-order chi connectivity index (χ0) is 23.8. The molecule has 2 aromatic carbocycles. The molecular formula is C28H29N5O2. The Morgan fingerprint density at radius 2 is 1.80 bits per heavy atom. The summed E-state index contributed by atoms with van der Waals surface area (Å²) in [4.78, 5) is 37.6. The summed E-state index contributed by atoms with van der Waals surface area (Å²) in [5.74, 6) is 0.601. The van der Waals surface area contributed by atoms with Gasteiger partial charge in [-0.05, 0) is 62.4 Å². The van der Waals surface area contributed by atoms with Gasteiger partial charge in [-0.15, -0.1) is 0 Å². The fourth-order valence-electron chi connectivity index (χ4n) is 5.21. The Balaban J connectivity index is 1.24. The molecule has 1 saturated heterocycles. The molecule has 0 bridgehead atoms. The van der Waals surface area contributed by atoms with Crippen molar-refractivity contribution in [2.45, 2.75) is 51.0 Å². The Hall–Kier alpha value is -3.74. The van der Waals surface area contributed by atoms with E-state index in [1.165, 1.54) is 24.9 Å². The van der Waals surface area contributed by atoms with Gasteiger partial charge in [0.15, 0.2) is 0 Å². The lowest BCUT2D eigenvalue weighted by molar-refractivity contribution is -0.116. The molecule has 0 radical (unpaired) electrons. The normalized spacial score (nSPS) is 16.1. The van der Waals surface area contributed by atoms with E-state index >= 15 is 0 Å². The Kier molecular flexibility index (Phi) is 5.68. The van der Waals surface area contributed by atoms with Gasteiger partial charge >= 0.3 is 0 Å². The molecule has 0 atom stereocenters. The van der Waals surface area contributed by atoms with E-state index < -0.39 is 0 Å². The summed E-state index contributed by atoms with van der Waals surface area (Å²) in [6.45, 7) is 2.12. The predicted molar refractivity (Wildman–Crippen MR) is 139 cm³/mol. The number of rotatable bonds is 6. The molecule has 3 heterocycles. The highest BCUT2D eigenvalue weighted by molar-refractivity contribution is 6.06. The minimum Gasteiger partial charge on any atom is -0.371 e. The molecule has 1 aliphatic carbocycles. The van der Waals surface area contributed by atoms with Crippen molar-refractivity contribution in [2.24, 2.45) is 0 Å². The number of amides is 1. The third kappa shape index (κ3) is 4.27. The number of hydrogen-bond donors (Lipinski definition) is 1. The second-order valence-corrected chi connectivity index (χ2v) is 9.60. The number of nitrogens with zero attached hydrogens (tertiary/aromatic N) is 4. The van der Waals surface area contributed by atoms with Gasteiger partial charge in [0.05, 0.1) is 16.6 Å². The number of hydrogen-bond acceptors (Lipinski definition) is 5. The zero-order valence-corrected chi connectivity index (χ0v) is 19.7. The Labute approximate surface area is 203 Å². The number of piperidine rings is 1. The highest BCUT2D eigenvalue weighted by Crippen LogP contribution is 2.35. The first-order valence-corrected chi connectivity index (χ1v) is 12.6. The number of carbonyl (C=O) groups is 1. The summed E-state index contributed by atoms with van der Waals surface area (Å²) >= 11 is 0. The number of para-hydroxylation sites is 1. The van der Waals surface area contributed by atoms with E-state index in [4.69, 9.17) is 4.98 Å². The summed E-state index contributed by atoms with van der Waals surface area (Å²) in [5.41, 5.74) is 2.66. The van der Waals surface area contributed by atoms with Crippen LogP contribution in [-0.4, -0.2) is 33.5 Å². The summed E-state index contributed by atoms with van der Waals surface area (Å²) in [6, 6.07) is 13.8. The summed E-state index contributed by atoms with van der Waals surface area (Å²) in [7, 11) is 0. The molecule has 4 aromatic rings. The number of aromatic nitrogens is 3. The first-order valence-electron chi connectivity index (χ1n) is 12.6. The summed E-state index contributed by atoms with van der Waals surface area (Å²) in [6.07, 6.45) is 9.99. The van der Waals surface area contributed by atoms with Crippen LogP contribution < -0.4 is 15.8 Å². The van der Waals surface area contributed by atoms with Crippen LogP contribution in [0.15, 0.2) is 59.7 Å². The average molecular weight is 468 g/mol. The third-order valence-corrected chi connectivity index (χ3v) is 7.13. The van der Waals surface area contributed by atoms with Gasteiger partial charge in [0, 0.05) is 60.8 Å². The number of carbonyl (C=O) groups excluding carboxylic acids is 1. The van der Waals surface area contributed by atoms with Crippen LogP contribution in [0.3, 0.4) is 0 Å². The number of anilines is 2. The van der Waals surface area contributed by atoms with Gasteiger partial charge in [-0.3, -0.25) is 19.1 Å². The molecule has 2 aromatic heterocycles. The molecule has 7 heteroatoms. The highest BCUT2D eigenvalue weighted by Gasteiger charge is 2.28. The van der Waals surface area contributed by atoms with Crippen molar-refractivity contribution in [3.05, 3.63) is 71.0 Å². The zero-order valence-electron chi connectivity index (χ0n) is 19.7. The first kappa shape index (κ1) is 21.8. The fourth-order valence-corrected chi connectivity index (χ4v) is 5.21. The smallest absolute Gasteiger partial charge is 0.261 e. The Morgan fingerprint density at radius 3 is 2.63 bits per heavy atom. The standard InChI is InChI=1S/C28H29N5O2/c34-27(13-12-26-30-23-7-3-2-6-21(23)28(35)33(26)19-8-9-19)31-24-10-11-25(32-16-4-1-5-17-32)20-14-15-29-18-22(20)24/h2-3,6-7,10-11,14-15,18-19H,1,4-5,8-9,12-13,16-17H2,(H,31,34). The van der Waals surface area contributed by atoms with Crippen LogP contribution in [0.2, 0.25) is 0 Å². The second-order valence-electron chi connectivity index (χ2n) is 9.60. The van der Waals surface area contributed by atoms with Crippen molar-refractivity contribution in [1.29, 1.82) is 0 Å². The lowest BCUT2D eigenvalue weighted by Crippen LogP contribution is -2.29. The van der Waals surface area contributed by atoms with Crippen LogP contribution in [0.25, 0.3) is 21.7 Å². The molecule has 1 aliphatic heterocycles. The maximum absolute atomic E-state index is 13.1. The predicted octanol–water partition coefficient (Wildman–Crippen LogP) is 4.84. The second kappa shape index (κ2) is 9.13. The largest absolute Gasteiger partial charge is 0.371 e. The van der Waals surface area contributed by atoms with E-state index in [2.05, 4.69) is 21.3 Å². The van der Waals surface area contributed by atoms with Gasteiger partial charge in [-0.25, -0.2) is 4.98 Å². The monoisotopic (exact) mass is 467 g/mol. The SMILES string of the molecule is O=C(CCc1nc2ccccc2c(=O)n1C1CC1)Nc1ccc(N2CCCCC2)c2ccncc12. The van der Waals surface area contributed by atoms with Crippen molar-refractivity contribution < 1.29 is 4.79 Å². The van der Waals surface area contributed by atoms with Crippen molar-refractivity contribution in [3.8, 4) is 0 Å². The number of pyridine rings is 1. The van der Waals surface area contributed by atoms with Gasteiger partial charge in [0.2, 0.25) is 5.91 Å². The van der Waals surface area contributed by atoms with Crippen LogP contribution in [0, 0.1) is 0 Å². The van der Waals surface area contributed by atoms with E-state index in [-0.39, 0.29) is 23.9 Å². The van der Waals surface area contributed by atoms with Crippen LogP contribution in [0.5, 0.6) is 0 Å². The molecule has 2 fully saturated rings. The summed E-state index contributed by atoms with van der Waals surface area (Å²) in [5, 5.41) is 5.78. The molecule has 0 spiro atoms. The maximum atomic E-state index is 13.1.